The van der Waals surface area contributed by atoms with E-state index in [1.807, 2.05) is 18.3 Å². The zero-order valence-corrected chi connectivity index (χ0v) is 10.6. The molecule has 0 unspecified atom stereocenters. The third-order valence-electron chi connectivity index (χ3n) is 3.58. The number of hydrogen-bond acceptors (Lipinski definition) is 2. The Hall–Kier alpha value is -1.83. The van der Waals surface area contributed by atoms with E-state index >= 15 is 0 Å². The first-order chi connectivity index (χ1) is 8.88. The Balaban J connectivity index is 2.19. The number of rotatable bonds is 1. The number of nitrogens with zero attached hydrogens (tertiary/aromatic N) is 1. The lowest BCUT2D eigenvalue weighted by Crippen LogP contribution is -2.00. The standard InChI is InChI=1S/C16H17NO/c1-18-13-8-9-16-15(10-13)14-7-5-3-2-4-6-12(14)11-17-16/h2-3,8-11H,4-7H2,1H3/b3-2+. The summed E-state index contributed by atoms with van der Waals surface area (Å²) >= 11 is 0. The van der Waals surface area contributed by atoms with Crippen LogP contribution in [0.1, 0.15) is 24.0 Å². The summed E-state index contributed by atoms with van der Waals surface area (Å²) in [6, 6.07) is 6.14. The first kappa shape index (κ1) is 11.3. The highest BCUT2D eigenvalue weighted by Gasteiger charge is 2.10. The van der Waals surface area contributed by atoms with Crippen LogP contribution < -0.4 is 4.74 Å². The lowest BCUT2D eigenvalue weighted by molar-refractivity contribution is 0.415. The third kappa shape index (κ3) is 1.99. The van der Waals surface area contributed by atoms with Crippen molar-refractivity contribution in [2.24, 2.45) is 0 Å². The van der Waals surface area contributed by atoms with E-state index in [4.69, 9.17) is 4.74 Å². The second-order valence-corrected chi connectivity index (χ2v) is 4.69. The molecule has 1 aromatic carbocycles. The normalized spacial score (nSPS) is 16.7. The van der Waals surface area contributed by atoms with Crippen molar-refractivity contribution >= 4 is 10.9 Å². The van der Waals surface area contributed by atoms with Gasteiger partial charge in [0.25, 0.3) is 0 Å². The number of fused-ring (bicyclic) bond motifs is 3. The van der Waals surface area contributed by atoms with Crippen molar-refractivity contribution in [3.05, 3.63) is 47.7 Å². The zero-order valence-electron chi connectivity index (χ0n) is 10.6. The molecule has 1 aliphatic carbocycles. The van der Waals surface area contributed by atoms with Crippen molar-refractivity contribution in [1.29, 1.82) is 0 Å². The highest BCUT2D eigenvalue weighted by atomic mass is 16.5. The maximum Gasteiger partial charge on any atom is 0.119 e. The van der Waals surface area contributed by atoms with Crippen LogP contribution in [0.25, 0.3) is 10.9 Å². The van der Waals surface area contributed by atoms with Gasteiger partial charge in [-0.3, -0.25) is 4.98 Å². The summed E-state index contributed by atoms with van der Waals surface area (Å²) in [5, 5.41) is 1.25. The van der Waals surface area contributed by atoms with Crippen molar-refractivity contribution in [2.75, 3.05) is 7.11 Å². The lowest BCUT2D eigenvalue weighted by atomic mass is 9.94. The number of hydrogen-bond donors (Lipinski definition) is 0. The van der Waals surface area contributed by atoms with Gasteiger partial charge in [-0.25, -0.2) is 0 Å². The molecule has 1 aliphatic rings. The highest BCUT2D eigenvalue weighted by molar-refractivity contribution is 5.84. The SMILES string of the molecule is COc1ccc2ncc3c(c2c1)CC/C=C/CC3. The van der Waals surface area contributed by atoms with Crippen LogP contribution in [0.3, 0.4) is 0 Å². The van der Waals surface area contributed by atoms with E-state index in [2.05, 4.69) is 23.2 Å². The molecule has 2 aromatic rings. The van der Waals surface area contributed by atoms with Crippen LogP contribution in [-0.2, 0) is 12.8 Å². The number of allylic oxidation sites excluding steroid dienone is 2. The molecule has 1 heterocycles. The molecule has 0 radical (unpaired) electrons. The van der Waals surface area contributed by atoms with E-state index in [9.17, 15) is 0 Å². The van der Waals surface area contributed by atoms with Gasteiger partial charge >= 0.3 is 0 Å². The van der Waals surface area contributed by atoms with Crippen molar-refractivity contribution < 1.29 is 4.74 Å². The molecule has 0 N–H and O–H groups in total. The summed E-state index contributed by atoms with van der Waals surface area (Å²) in [4.78, 5) is 4.56. The summed E-state index contributed by atoms with van der Waals surface area (Å²) in [5.74, 6) is 0.912. The van der Waals surface area contributed by atoms with Crippen LogP contribution in [0.5, 0.6) is 5.75 Å². The van der Waals surface area contributed by atoms with Gasteiger partial charge in [0.15, 0.2) is 0 Å². The molecule has 0 bridgehead atoms. The molecule has 0 aliphatic heterocycles. The second-order valence-electron chi connectivity index (χ2n) is 4.69. The van der Waals surface area contributed by atoms with Crippen molar-refractivity contribution in [3.8, 4) is 5.75 Å². The van der Waals surface area contributed by atoms with Crippen LogP contribution in [-0.4, -0.2) is 12.1 Å². The molecule has 1 aromatic heterocycles. The molecule has 0 fully saturated rings. The summed E-state index contributed by atoms with van der Waals surface area (Å²) in [6.07, 6.45) is 11.0. The fourth-order valence-corrected chi connectivity index (χ4v) is 2.61. The lowest BCUT2D eigenvalue weighted by Gasteiger charge is -2.14. The molecule has 92 valence electrons. The number of benzene rings is 1. The largest absolute Gasteiger partial charge is 0.497 e. The number of aromatic nitrogens is 1. The van der Waals surface area contributed by atoms with Gasteiger partial charge in [0.05, 0.1) is 12.6 Å². The topological polar surface area (TPSA) is 22.1 Å². The van der Waals surface area contributed by atoms with E-state index in [1.54, 1.807) is 7.11 Å². The van der Waals surface area contributed by atoms with E-state index < -0.39 is 0 Å². The maximum absolute atomic E-state index is 5.33. The molecular weight excluding hydrogens is 222 g/mol. The van der Waals surface area contributed by atoms with Gasteiger partial charge in [0, 0.05) is 11.6 Å². The Morgan fingerprint density at radius 2 is 1.94 bits per heavy atom. The van der Waals surface area contributed by atoms with Crippen LogP contribution in [0.2, 0.25) is 0 Å². The van der Waals surface area contributed by atoms with Crippen LogP contribution in [0.15, 0.2) is 36.5 Å². The van der Waals surface area contributed by atoms with Crippen LogP contribution in [0.4, 0.5) is 0 Å². The van der Waals surface area contributed by atoms with Crippen molar-refractivity contribution in [2.45, 2.75) is 25.7 Å². The second kappa shape index (κ2) is 4.81. The molecule has 2 heteroatoms. The van der Waals surface area contributed by atoms with Gasteiger partial charge in [-0.1, -0.05) is 12.2 Å². The molecule has 0 amide bonds. The minimum absolute atomic E-state index is 0.912. The minimum Gasteiger partial charge on any atom is -0.497 e. The Kier molecular flexibility index (Phi) is 3.01. The molecule has 2 nitrogen and oxygen atoms in total. The van der Waals surface area contributed by atoms with E-state index in [1.165, 1.54) is 16.5 Å². The van der Waals surface area contributed by atoms with E-state index in [-0.39, 0.29) is 0 Å². The Bertz CT molecular complexity index is 601. The van der Waals surface area contributed by atoms with Gasteiger partial charge in [0.2, 0.25) is 0 Å². The maximum atomic E-state index is 5.33. The summed E-state index contributed by atoms with van der Waals surface area (Å²) in [6.45, 7) is 0. The molecule has 18 heavy (non-hydrogen) atoms. The molecule has 3 rings (SSSR count). The molecule has 0 atom stereocenters. The summed E-state index contributed by atoms with van der Waals surface area (Å²) in [5.41, 5.74) is 3.91. The van der Waals surface area contributed by atoms with Gasteiger partial charge < -0.3 is 4.74 Å². The number of aryl methyl sites for hydroxylation is 2. The van der Waals surface area contributed by atoms with Gasteiger partial charge in [-0.15, -0.1) is 0 Å². The minimum atomic E-state index is 0.912. The monoisotopic (exact) mass is 239 g/mol. The molecule has 0 saturated heterocycles. The Labute approximate surface area is 107 Å². The van der Waals surface area contributed by atoms with Crippen LogP contribution in [0, 0.1) is 0 Å². The Morgan fingerprint density at radius 1 is 1.11 bits per heavy atom. The smallest absolute Gasteiger partial charge is 0.119 e. The van der Waals surface area contributed by atoms with Crippen molar-refractivity contribution in [3.63, 3.8) is 0 Å². The quantitative estimate of drug-likeness (QED) is 0.708. The molecule has 0 spiro atoms. The number of methoxy groups -OCH3 is 1. The fraction of sp³-hybridized carbons (Fsp3) is 0.312. The van der Waals surface area contributed by atoms with Crippen LogP contribution >= 0.6 is 0 Å². The average molecular weight is 239 g/mol. The molecular formula is C16H17NO. The first-order valence-corrected chi connectivity index (χ1v) is 6.48. The summed E-state index contributed by atoms with van der Waals surface area (Å²) in [7, 11) is 1.71. The first-order valence-electron chi connectivity index (χ1n) is 6.48. The zero-order chi connectivity index (χ0) is 12.4. The molecule has 0 saturated carbocycles. The number of pyridine rings is 1. The fourth-order valence-electron chi connectivity index (χ4n) is 2.61. The van der Waals surface area contributed by atoms with Gasteiger partial charge in [0.1, 0.15) is 5.75 Å². The highest BCUT2D eigenvalue weighted by Crippen LogP contribution is 2.27. The predicted molar refractivity (Wildman–Crippen MR) is 74.1 cm³/mol. The van der Waals surface area contributed by atoms with Crippen molar-refractivity contribution in [1.82, 2.24) is 4.98 Å². The van der Waals surface area contributed by atoms with Gasteiger partial charge in [-0.05, 0) is 55.0 Å². The van der Waals surface area contributed by atoms with Gasteiger partial charge in [-0.2, -0.15) is 0 Å². The average Bonchev–Trinajstić information content (AvgIpc) is 2.38. The third-order valence-corrected chi connectivity index (χ3v) is 3.58. The van der Waals surface area contributed by atoms with E-state index in [0.29, 0.717) is 0 Å². The number of ether oxygens (including phenoxy) is 1. The van der Waals surface area contributed by atoms with E-state index in [0.717, 1.165) is 36.9 Å². The predicted octanol–water partition coefficient (Wildman–Crippen LogP) is 3.68. The summed E-state index contributed by atoms with van der Waals surface area (Å²) < 4.78 is 5.33. The Morgan fingerprint density at radius 3 is 2.78 bits per heavy atom.